The van der Waals surface area contributed by atoms with E-state index in [9.17, 15) is 15.3 Å². The average molecular weight is 284 g/mol. The second-order valence-electron chi connectivity index (χ2n) is 8.45. The van der Waals surface area contributed by atoms with Crippen molar-refractivity contribution >= 4 is 0 Å². The summed E-state index contributed by atoms with van der Waals surface area (Å²) in [6, 6.07) is 0. The molecule has 4 heteroatoms. The fraction of sp³-hybridized carbons (Fsp3) is 1.00. The number of aliphatic hydroxyl groups is 3. The second-order valence-corrected chi connectivity index (χ2v) is 8.45. The van der Waals surface area contributed by atoms with Gasteiger partial charge in [-0.2, -0.15) is 0 Å². The van der Waals surface area contributed by atoms with Gasteiger partial charge >= 0.3 is 0 Å². The lowest BCUT2D eigenvalue weighted by molar-refractivity contribution is -0.317. The van der Waals surface area contributed by atoms with Crippen LogP contribution in [0.1, 0.15) is 65.7 Å². The Kier molecular flexibility index (Phi) is 3.09. The van der Waals surface area contributed by atoms with Crippen LogP contribution in [0.2, 0.25) is 0 Å². The van der Waals surface area contributed by atoms with Crippen LogP contribution in [0.5, 0.6) is 0 Å². The average Bonchev–Trinajstić information content (AvgIpc) is 2.22. The summed E-state index contributed by atoms with van der Waals surface area (Å²) < 4.78 is 6.07. The lowest BCUT2D eigenvalue weighted by atomic mass is 9.50. The molecule has 4 aliphatic carbocycles. The summed E-state index contributed by atoms with van der Waals surface area (Å²) in [5.41, 5.74) is -2.46. The Labute approximate surface area is 121 Å². The number of hydrogen-bond donors (Lipinski definition) is 3. The first-order chi connectivity index (χ1) is 9.10. The van der Waals surface area contributed by atoms with Gasteiger partial charge in [-0.05, 0) is 31.6 Å². The molecule has 4 saturated carbocycles. The molecule has 116 valence electrons. The van der Waals surface area contributed by atoms with E-state index in [4.69, 9.17) is 4.74 Å². The quantitative estimate of drug-likeness (QED) is 0.690. The molecule has 4 bridgehead atoms. The van der Waals surface area contributed by atoms with Gasteiger partial charge in [0.05, 0.1) is 16.8 Å². The third-order valence-corrected chi connectivity index (χ3v) is 5.90. The van der Waals surface area contributed by atoms with Gasteiger partial charge in [-0.1, -0.05) is 20.8 Å². The Balaban J connectivity index is 1.82. The van der Waals surface area contributed by atoms with Crippen LogP contribution in [-0.2, 0) is 4.74 Å². The van der Waals surface area contributed by atoms with Gasteiger partial charge in [0.25, 0.3) is 0 Å². The van der Waals surface area contributed by atoms with E-state index in [1.807, 2.05) is 20.8 Å². The van der Waals surface area contributed by atoms with Crippen LogP contribution in [0.15, 0.2) is 0 Å². The first kappa shape index (κ1) is 14.8. The molecule has 20 heavy (non-hydrogen) atoms. The fourth-order valence-corrected chi connectivity index (χ4v) is 4.95. The van der Waals surface area contributed by atoms with E-state index in [0.29, 0.717) is 25.2 Å². The maximum Gasteiger partial charge on any atom is 0.160 e. The molecule has 4 rings (SSSR count). The van der Waals surface area contributed by atoms with E-state index in [1.165, 1.54) is 0 Å². The molecule has 0 aromatic carbocycles. The van der Waals surface area contributed by atoms with Crippen molar-refractivity contribution in [3.05, 3.63) is 0 Å². The van der Waals surface area contributed by atoms with Crippen molar-refractivity contribution in [1.29, 1.82) is 0 Å². The molecule has 3 atom stereocenters. The zero-order chi connectivity index (χ0) is 14.8. The summed E-state index contributed by atoms with van der Waals surface area (Å²) >= 11 is 0. The number of ether oxygens (including phenoxy) is 1. The molecule has 0 aromatic rings. The van der Waals surface area contributed by atoms with Gasteiger partial charge in [-0.25, -0.2) is 0 Å². The molecule has 0 radical (unpaired) electrons. The third-order valence-electron chi connectivity index (χ3n) is 5.90. The first-order valence-corrected chi connectivity index (χ1v) is 7.90. The van der Waals surface area contributed by atoms with Gasteiger partial charge in [0, 0.05) is 24.7 Å². The van der Waals surface area contributed by atoms with E-state index in [-0.39, 0.29) is 5.41 Å². The molecule has 0 aromatic heterocycles. The van der Waals surface area contributed by atoms with Crippen molar-refractivity contribution in [2.45, 2.75) is 88.8 Å². The zero-order valence-electron chi connectivity index (χ0n) is 12.9. The van der Waals surface area contributed by atoms with Crippen LogP contribution in [0, 0.1) is 11.3 Å². The van der Waals surface area contributed by atoms with Crippen molar-refractivity contribution < 1.29 is 20.1 Å². The van der Waals surface area contributed by atoms with Gasteiger partial charge in [0.15, 0.2) is 6.29 Å². The van der Waals surface area contributed by atoms with Crippen LogP contribution < -0.4 is 0 Å². The van der Waals surface area contributed by atoms with Gasteiger partial charge in [-0.15, -0.1) is 0 Å². The molecule has 0 saturated heterocycles. The Hall–Kier alpha value is -0.160. The number of hydrogen-bond acceptors (Lipinski definition) is 4. The van der Waals surface area contributed by atoms with E-state index < -0.39 is 23.1 Å². The molecular weight excluding hydrogens is 256 g/mol. The van der Waals surface area contributed by atoms with Crippen LogP contribution in [0.25, 0.3) is 0 Å². The monoisotopic (exact) mass is 284 g/mol. The van der Waals surface area contributed by atoms with E-state index in [1.54, 1.807) is 0 Å². The van der Waals surface area contributed by atoms with Crippen molar-refractivity contribution in [3.63, 3.8) is 0 Å². The molecule has 4 fully saturated rings. The summed E-state index contributed by atoms with van der Waals surface area (Å²) in [6.07, 6.45) is 3.94. The first-order valence-electron chi connectivity index (χ1n) is 7.90. The summed E-state index contributed by atoms with van der Waals surface area (Å²) in [6.45, 7) is 6.01. The Morgan fingerprint density at radius 1 is 1.10 bits per heavy atom. The van der Waals surface area contributed by atoms with Crippen LogP contribution in [-0.4, -0.2) is 38.4 Å². The minimum atomic E-state index is -0.851. The lowest BCUT2D eigenvalue weighted by Gasteiger charge is -2.63. The maximum absolute atomic E-state index is 10.7. The normalized spacial score (nSPS) is 48.6. The standard InChI is InChI=1S/C16H28O4/c1-4-13(2,3)12(17)20-16-7-11-5-14(18,9-16)8-15(19,6-11)10-16/h11-12,17-19H,4-10H2,1-3H3. The highest BCUT2D eigenvalue weighted by molar-refractivity contribution is 5.16. The Morgan fingerprint density at radius 3 is 2.10 bits per heavy atom. The van der Waals surface area contributed by atoms with E-state index in [2.05, 4.69) is 0 Å². The topological polar surface area (TPSA) is 69.9 Å². The van der Waals surface area contributed by atoms with Crippen molar-refractivity contribution in [2.75, 3.05) is 0 Å². The van der Waals surface area contributed by atoms with Crippen molar-refractivity contribution in [3.8, 4) is 0 Å². The van der Waals surface area contributed by atoms with Crippen LogP contribution >= 0.6 is 0 Å². The van der Waals surface area contributed by atoms with Gasteiger partial charge in [0.1, 0.15) is 0 Å². The maximum atomic E-state index is 10.7. The molecule has 0 aliphatic heterocycles. The third kappa shape index (κ3) is 2.31. The van der Waals surface area contributed by atoms with Crippen molar-refractivity contribution in [1.82, 2.24) is 0 Å². The summed E-state index contributed by atoms with van der Waals surface area (Å²) in [5, 5.41) is 31.8. The molecule has 0 heterocycles. The van der Waals surface area contributed by atoms with Gasteiger partial charge in [-0.3, -0.25) is 0 Å². The minimum absolute atomic E-state index is 0.311. The highest BCUT2D eigenvalue weighted by atomic mass is 16.6. The molecule has 0 amide bonds. The molecular formula is C16H28O4. The molecule has 3 unspecified atom stereocenters. The number of aliphatic hydroxyl groups excluding tert-OH is 1. The zero-order valence-corrected chi connectivity index (χ0v) is 12.9. The van der Waals surface area contributed by atoms with Crippen molar-refractivity contribution in [2.24, 2.45) is 11.3 Å². The fourth-order valence-electron chi connectivity index (χ4n) is 4.95. The van der Waals surface area contributed by atoms with E-state index in [0.717, 1.165) is 25.7 Å². The Morgan fingerprint density at radius 2 is 1.65 bits per heavy atom. The predicted octanol–water partition coefficient (Wildman–Crippen LogP) is 1.96. The molecule has 0 spiro atoms. The minimum Gasteiger partial charge on any atom is -0.390 e. The lowest BCUT2D eigenvalue weighted by Crippen LogP contribution is -2.67. The summed E-state index contributed by atoms with van der Waals surface area (Å²) in [4.78, 5) is 0. The highest BCUT2D eigenvalue weighted by Gasteiger charge is 2.64. The predicted molar refractivity (Wildman–Crippen MR) is 75.0 cm³/mol. The smallest absolute Gasteiger partial charge is 0.160 e. The Bertz CT molecular complexity index is 387. The summed E-state index contributed by atoms with van der Waals surface area (Å²) in [5.74, 6) is 0.318. The highest BCUT2D eigenvalue weighted by Crippen LogP contribution is 2.61. The van der Waals surface area contributed by atoms with Crippen LogP contribution in [0.3, 0.4) is 0 Å². The van der Waals surface area contributed by atoms with E-state index >= 15 is 0 Å². The summed E-state index contributed by atoms with van der Waals surface area (Å²) in [7, 11) is 0. The van der Waals surface area contributed by atoms with Crippen LogP contribution in [0.4, 0.5) is 0 Å². The molecule has 3 N–H and O–H groups in total. The SMILES string of the molecule is CCC(C)(C)C(O)OC12CC3CC(O)(CC(O)(C3)C1)C2. The molecule has 4 nitrogen and oxygen atoms in total. The number of rotatable bonds is 4. The van der Waals surface area contributed by atoms with Gasteiger partial charge < -0.3 is 20.1 Å². The molecule has 4 aliphatic rings. The largest absolute Gasteiger partial charge is 0.390 e. The van der Waals surface area contributed by atoms with Gasteiger partial charge in [0.2, 0.25) is 0 Å². The second kappa shape index (κ2) is 4.19.